The maximum absolute atomic E-state index is 12.2. The SMILES string of the molecule is CCn1cc(Br)c(C(=O)Nc2ccccc2OC)n1. The largest absolute Gasteiger partial charge is 0.495 e. The Balaban J connectivity index is 2.23. The molecule has 1 aromatic carbocycles. The van der Waals surface area contributed by atoms with Gasteiger partial charge in [-0.2, -0.15) is 5.10 Å². The van der Waals surface area contributed by atoms with Crippen molar-refractivity contribution in [1.29, 1.82) is 0 Å². The topological polar surface area (TPSA) is 56.2 Å². The summed E-state index contributed by atoms with van der Waals surface area (Å²) >= 11 is 3.33. The minimum absolute atomic E-state index is 0.274. The van der Waals surface area contributed by atoms with Gasteiger partial charge in [0.1, 0.15) is 5.75 Å². The molecule has 2 rings (SSSR count). The average molecular weight is 324 g/mol. The molecule has 1 amide bonds. The molecule has 1 aromatic heterocycles. The van der Waals surface area contributed by atoms with Gasteiger partial charge in [-0.25, -0.2) is 0 Å². The maximum Gasteiger partial charge on any atom is 0.277 e. The number of nitrogens with one attached hydrogen (secondary N) is 1. The zero-order valence-electron chi connectivity index (χ0n) is 10.7. The Bertz CT molecular complexity index is 595. The van der Waals surface area contributed by atoms with E-state index in [-0.39, 0.29) is 5.91 Å². The highest BCUT2D eigenvalue weighted by atomic mass is 79.9. The molecule has 0 unspecified atom stereocenters. The fraction of sp³-hybridized carbons (Fsp3) is 0.231. The molecule has 0 spiro atoms. The monoisotopic (exact) mass is 323 g/mol. The summed E-state index contributed by atoms with van der Waals surface area (Å²) in [5.74, 6) is 0.338. The molecule has 0 aliphatic carbocycles. The summed E-state index contributed by atoms with van der Waals surface area (Å²) in [4.78, 5) is 12.2. The molecule has 0 radical (unpaired) electrons. The van der Waals surface area contributed by atoms with Crippen molar-refractivity contribution in [1.82, 2.24) is 9.78 Å². The average Bonchev–Trinajstić information content (AvgIpc) is 2.80. The number of halogens is 1. The Morgan fingerprint density at radius 2 is 2.21 bits per heavy atom. The van der Waals surface area contributed by atoms with Gasteiger partial charge in [-0.3, -0.25) is 9.48 Å². The first-order chi connectivity index (χ1) is 9.15. The van der Waals surface area contributed by atoms with Gasteiger partial charge >= 0.3 is 0 Å². The van der Waals surface area contributed by atoms with E-state index in [1.807, 2.05) is 19.1 Å². The summed E-state index contributed by atoms with van der Waals surface area (Å²) in [6.45, 7) is 2.67. The van der Waals surface area contributed by atoms with Gasteiger partial charge in [0, 0.05) is 12.7 Å². The van der Waals surface area contributed by atoms with Crippen molar-refractivity contribution in [2.45, 2.75) is 13.5 Å². The molecule has 19 heavy (non-hydrogen) atoms. The standard InChI is InChI=1S/C13H14BrN3O2/c1-3-17-8-9(14)12(16-17)13(18)15-10-6-4-5-7-11(10)19-2/h4-8H,3H2,1-2H3,(H,15,18). The summed E-state index contributed by atoms with van der Waals surface area (Å²) in [6, 6.07) is 7.24. The van der Waals surface area contributed by atoms with E-state index in [4.69, 9.17) is 4.74 Å². The van der Waals surface area contributed by atoms with Crippen LogP contribution in [0.15, 0.2) is 34.9 Å². The van der Waals surface area contributed by atoms with Gasteiger partial charge in [0.25, 0.3) is 5.91 Å². The number of carbonyl (C=O) groups excluding carboxylic acids is 1. The van der Waals surface area contributed by atoms with E-state index in [1.165, 1.54) is 0 Å². The molecule has 2 aromatic rings. The molecule has 1 heterocycles. The summed E-state index contributed by atoms with van der Waals surface area (Å²) < 4.78 is 7.55. The summed E-state index contributed by atoms with van der Waals surface area (Å²) in [5.41, 5.74) is 0.973. The van der Waals surface area contributed by atoms with Crippen molar-refractivity contribution in [2.75, 3.05) is 12.4 Å². The molecule has 0 saturated carbocycles. The minimum Gasteiger partial charge on any atom is -0.495 e. The number of benzene rings is 1. The van der Waals surface area contributed by atoms with Gasteiger partial charge in [-0.15, -0.1) is 0 Å². The fourth-order valence-corrected chi connectivity index (χ4v) is 2.14. The molecule has 1 N–H and O–H groups in total. The van der Waals surface area contributed by atoms with E-state index in [0.29, 0.717) is 28.1 Å². The normalized spacial score (nSPS) is 10.3. The Labute approximate surface area is 119 Å². The zero-order valence-corrected chi connectivity index (χ0v) is 12.3. The van der Waals surface area contributed by atoms with E-state index >= 15 is 0 Å². The number of aromatic nitrogens is 2. The van der Waals surface area contributed by atoms with Crippen LogP contribution in [0.4, 0.5) is 5.69 Å². The molecule has 0 aliphatic rings. The number of hydrogen-bond acceptors (Lipinski definition) is 3. The predicted molar refractivity (Wildman–Crippen MR) is 76.5 cm³/mol. The Morgan fingerprint density at radius 1 is 1.47 bits per heavy atom. The highest BCUT2D eigenvalue weighted by Crippen LogP contribution is 2.24. The molecule has 6 heteroatoms. The van der Waals surface area contributed by atoms with Crippen LogP contribution >= 0.6 is 15.9 Å². The van der Waals surface area contributed by atoms with Crippen LogP contribution in [0.2, 0.25) is 0 Å². The van der Waals surface area contributed by atoms with Crippen LogP contribution in [-0.4, -0.2) is 22.8 Å². The summed E-state index contributed by atoms with van der Waals surface area (Å²) in [6.07, 6.45) is 1.77. The van der Waals surface area contributed by atoms with Gasteiger partial charge in [0.05, 0.1) is 17.3 Å². The molecule has 5 nitrogen and oxygen atoms in total. The van der Waals surface area contributed by atoms with Crippen molar-refractivity contribution in [3.8, 4) is 5.75 Å². The highest BCUT2D eigenvalue weighted by Gasteiger charge is 2.16. The molecule has 0 aliphatic heterocycles. The molecule has 0 fully saturated rings. The van der Waals surface area contributed by atoms with Crippen molar-refractivity contribution in [3.63, 3.8) is 0 Å². The van der Waals surface area contributed by atoms with E-state index in [0.717, 1.165) is 0 Å². The number of methoxy groups -OCH3 is 1. The summed E-state index contributed by atoms with van der Waals surface area (Å²) in [5, 5.41) is 6.98. The number of hydrogen-bond donors (Lipinski definition) is 1. The fourth-order valence-electron chi connectivity index (χ4n) is 1.64. The van der Waals surface area contributed by atoms with Crippen LogP contribution in [-0.2, 0) is 6.54 Å². The van der Waals surface area contributed by atoms with Crippen molar-refractivity contribution in [3.05, 3.63) is 40.6 Å². The van der Waals surface area contributed by atoms with E-state index < -0.39 is 0 Å². The lowest BCUT2D eigenvalue weighted by molar-refractivity contribution is 0.102. The lowest BCUT2D eigenvalue weighted by Gasteiger charge is -2.08. The quantitative estimate of drug-likeness (QED) is 0.941. The highest BCUT2D eigenvalue weighted by molar-refractivity contribution is 9.10. The van der Waals surface area contributed by atoms with Gasteiger partial charge in [-0.1, -0.05) is 12.1 Å². The second kappa shape index (κ2) is 5.88. The summed E-state index contributed by atoms with van der Waals surface area (Å²) in [7, 11) is 1.56. The van der Waals surface area contributed by atoms with Gasteiger partial charge in [-0.05, 0) is 35.0 Å². The van der Waals surface area contributed by atoms with E-state index in [9.17, 15) is 4.79 Å². The van der Waals surface area contributed by atoms with Gasteiger partial charge in [0.2, 0.25) is 0 Å². The maximum atomic E-state index is 12.2. The van der Waals surface area contributed by atoms with Crippen LogP contribution in [0.5, 0.6) is 5.75 Å². The lowest BCUT2D eigenvalue weighted by atomic mass is 10.3. The molecular formula is C13H14BrN3O2. The molecule has 0 atom stereocenters. The number of carbonyl (C=O) groups is 1. The van der Waals surface area contributed by atoms with Crippen molar-refractivity contribution in [2.24, 2.45) is 0 Å². The van der Waals surface area contributed by atoms with E-state index in [1.54, 1.807) is 30.1 Å². The number of rotatable bonds is 4. The third-order valence-corrected chi connectivity index (χ3v) is 3.19. The van der Waals surface area contributed by atoms with Crippen molar-refractivity contribution >= 4 is 27.5 Å². The van der Waals surface area contributed by atoms with Gasteiger partial charge < -0.3 is 10.1 Å². The number of amides is 1. The molecular weight excluding hydrogens is 310 g/mol. The number of anilines is 1. The molecule has 0 bridgehead atoms. The molecule has 100 valence electrons. The molecule has 0 saturated heterocycles. The second-order valence-electron chi connectivity index (χ2n) is 3.84. The Kier molecular flexibility index (Phi) is 4.21. The Morgan fingerprint density at radius 3 is 2.84 bits per heavy atom. The Hall–Kier alpha value is -1.82. The third kappa shape index (κ3) is 2.96. The van der Waals surface area contributed by atoms with Crippen LogP contribution in [0.25, 0.3) is 0 Å². The second-order valence-corrected chi connectivity index (χ2v) is 4.69. The first-order valence-corrected chi connectivity index (χ1v) is 6.62. The van der Waals surface area contributed by atoms with Crippen LogP contribution in [0.1, 0.15) is 17.4 Å². The minimum atomic E-state index is -0.274. The third-order valence-electron chi connectivity index (χ3n) is 2.61. The van der Waals surface area contributed by atoms with Crippen molar-refractivity contribution < 1.29 is 9.53 Å². The van der Waals surface area contributed by atoms with Crippen LogP contribution in [0, 0.1) is 0 Å². The lowest BCUT2D eigenvalue weighted by Crippen LogP contribution is -2.14. The van der Waals surface area contributed by atoms with E-state index in [2.05, 4.69) is 26.3 Å². The first kappa shape index (κ1) is 13.6. The number of aryl methyl sites for hydroxylation is 1. The smallest absolute Gasteiger partial charge is 0.277 e. The number of nitrogens with zero attached hydrogens (tertiary/aromatic N) is 2. The zero-order chi connectivity index (χ0) is 13.8. The predicted octanol–water partition coefficient (Wildman–Crippen LogP) is 2.93. The van der Waals surface area contributed by atoms with Crippen LogP contribution < -0.4 is 10.1 Å². The first-order valence-electron chi connectivity index (χ1n) is 5.83. The van der Waals surface area contributed by atoms with Gasteiger partial charge in [0.15, 0.2) is 5.69 Å². The number of ether oxygens (including phenoxy) is 1. The van der Waals surface area contributed by atoms with Crippen LogP contribution in [0.3, 0.4) is 0 Å². The number of para-hydroxylation sites is 2.